The molecule has 0 spiro atoms. The number of hydrogen-bond donors (Lipinski definition) is 2. The fourth-order valence-corrected chi connectivity index (χ4v) is 3.43. The molecule has 142 valence electrons. The molecule has 6 heteroatoms. The van der Waals surface area contributed by atoms with Crippen molar-refractivity contribution >= 4 is 23.2 Å². The summed E-state index contributed by atoms with van der Waals surface area (Å²) in [6, 6.07) is 15.2. The molecule has 2 N–H and O–H groups in total. The third kappa shape index (κ3) is 3.80. The first kappa shape index (κ1) is 18.9. The molecule has 0 aliphatic carbocycles. The lowest BCUT2D eigenvalue weighted by atomic mass is 9.96. The van der Waals surface area contributed by atoms with Gasteiger partial charge in [0.2, 0.25) is 5.91 Å². The van der Waals surface area contributed by atoms with Gasteiger partial charge in [-0.3, -0.25) is 14.5 Å². The fourth-order valence-electron chi connectivity index (χ4n) is 3.43. The monoisotopic (exact) mass is 368 g/mol. The van der Waals surface area contributed by atoms with E-state index in [1.165, 1.54) is 0 Å². The summed E-state index contributed by atoms with van der Waals surface area (Å²) in [5.74, 6) is 0.539. The molecule has 1 atom stereocenters. The van der Waals surface area contributed by atoms with E-state index in [1.54, 1.807) is 25.9 Å². The number of fused-ring (bicyclic) bond motifs is 1. The molecule has 0 bridgehead atoms. The highest BCUT2D eigenvalue weighted by atomic mass is 16.5. The number of hydrogen-bond acceptors (Lipinski definition) is 3. The minimum Gasteiger partial charge on any atom is -0.497 e. The molecule has 6 nitrogen and oxygen atoms in total. The Bertz CT molecular complexity index is 863. The van der Waals surface area contributed by atoms with Crippen LogP contribution in [0.2, 0.25) is 0 Å². The predicted molar refractivity (Wildman–Crippen MR) is 105 cm³/mol. The zero-order chi connectivity index (χ0) is 19.6. The van der Waals surface area contributed by atoms with Crippen LogP contribution in [0.1, 0.15) is 19.4 Å². The van der Waals surface area contributed by atoms with Crippen molar-refractivity contribution < 1.29 is 19.2 Å². The highest BCUT2D eigenvalue weighted by Crippen LogP contribution is 2.36. The van der Waals surface area contributed by atoms with E-state index >= 15 is 0 Å². The first-order valence-electron chi connectivity index (χ1n) is 9.00. The van der Waals surface area contributed by atoms with Crippen LogP contribution in [-0.4, -0.2) is 38.1 Å². The number of quaternary nitrogens is 1. The fraction of sp³-hybridized carbons (Fsp3) is 0.333. The number of benzene rings is 2. The van der Waals surface area contributed by atoms with Gasteiger partial charge < -0.3 is 15.0 Å². The van der Waals surface area contributed by atoms with E-state index in [2.05, 4.69) is 5.32 Å². The quantitative estimate of drug-likeness (QED) is 0.840. The van der Waals surface area contributed by atoms with Crippen LogP contribution in [0.5, 0.6) is 5.75 Å². The largest absolute Gasteiger partial charge is 0.497 e. The summed E-state index contributed by atoms with van der Waals surface area (Å²) in [7, 11) is 3.61. The maximum atomic E-state index is 13.1. The number of carbonyl (C=O) groups excluding carboxylic acids is 2. The van der Waals surface area contributed by atoms with Gasteiger partial charge in [-0.05, 0) is 38.1 Å². The van der Waals surface area contributed by atoms with E-state index in [0.717, 1.165) is 21.9 Å². The van der Waals surface area contributed by atoms with Crippen molar-refractivity contribution in [2.24, 2.45) is 0 Å². The van der Waals surface area contributed by atoms with E-state index < -0.39 is 5.54 Å². The summed E-state index contributed by atoms with van der Waals surface area (Å²) in [6.07, 6.45) is 0. The first-order valence-corrected chi connectivity index (χ1v) is 9.00. The molecule has 2 aromatic rings. The molecular formula is C21H26N3O3+. The Morgan fingerprint density at radius 2 is 1.93 bits per heavy atom. The molecule has 1 heterocycles. The van der Waals surface area contributed by atoms with Crippen molar-refractivity contribution in [3.05, 3.63) is 54.1 Å². The number of amides is 2. The molecule has 1 aliphatic heterocycles. The number of nitrogens with one attached hydrogen (secondary N) is 2. The van der Waals surface area contributed by atoms with Gasteiger partial charge >= 0.3 is 0 Å². The molecule has 1 unspecified atom stereocenters. The van der Waals surface area contributed by atoms with Gasteiger partial charge in [-0.1, -0.05) is 24.3 Å². The topological polar surface area (TPSA) is 63.1 Å². The molecule has 1 aliphatic rings. The number of nitrogens with zero attached hydrogens (tertiary/aromatic N) is 1. The number of ether oxygens (including phenoxy) is 1. The number of carbonyl (C=O) groups is 2. The van der Waals surface area contributed by atoms with Crippen LogP contribution in [0.3, 0.4) is 0 Å². The van der Waals surface area contributed by atoms with Crippen LogP contribution in [0.4, 0.5) is 11.4 Å². The second-order valence-corrected chi connectivity index (χ2v) is 7.42. The van der Waals surface area contributed by atoms with E-state index in [0.29, 0.717) is 12.2 Å². The molecule has 0 fully saturated rings. The van der Waals surface area contributed by atoms with Crippen LogP contribution in [-0.2, 0) is 16.1 Å². The number of anilines is 2. The maximum absolute atomic E-state index is 13.1. The van der Waals surface area contributed by atoms with Crippen molar-refractivity contribution in [2.75, 3.05) is 30.9 Å². The third-order valence-corrected chi connectivity index (χ3v) is 4.85. The van der Waals surface area contributed by atoms with E-state index in [-0.39, 0.29) is 18.4 Å². The molecule has 0 saturated heterocycles. The molecule has 2 amide bonds. The van der Waals surface area contributed by atoms with Gasteiger partial charge in [0.05, 0.1) is 25.5 Å². The van der Waals surface area contributed by atoms with Crippen LogP contribution in [0.15, 0.2) is 48.5 Å². The second-order valence-electron chi connectivity index (χ2n) is 7.42. The molecule has 2 aromatic carbocycles. The first-order chi connectivity index (χ1) is 12.8. The number of likely N-dealkylation sites (N-methyl/N-ethyl adjacent to an activating group) is 1. The predicted octanol–water partition coefficient (Wildman–Crippen LogP) is 1.47. The Balaban J connectivity index is 1.79. The summed E-state index contributed by atoms with van der Waals surface area (Å²) in [4.78, 5) is 28.3. The summed E-state index contributed by atoms with van der Waals surface area (Å²) >= 11 is 0. The summed E-state index contributed by atoms with van der Waals surface area (Å²) in [5.41, 5.74) is 1.56. The maximum Gasteiger partial charge on any atom is 0.283 e. The van der Waals surface area contributed by atoms with Crippen molar-refractivity contribution in [1.29, 1.82) is 0 Å². The van der Waals surface area contributed by atoms with Crippen LogP contribution < -0.4 is 19.9 Å². The van der Waals surface area contributed by atoms with E-state index in [1.807, 2.05) is 55.6 Å². The zero-order valence-corrected chi connectivity index (χ0v) is 16.2. The Hall–Kier alpha value is -2.86. The van der Waals surface area contributed by atoms with Gasteiger partial charge in [0.25, 0.3) is 5.91 Å². The molecule has 3 rings (SSSR count). The van der Waals surface area contributed by atoms with Gasteiger partial charge in [-0.2, -0.15) is 0 Å². The average molecular weight is 368 g/mol. The van der Waals surface area contributed by atoms with Crippen LogP contribution in [0, 0.1) is 0 Å². The number of rotatable bonds is 5. The lowest BCUT2D eigenvalue weighted by Gasteiger charge is -2.42. The van der Waals surface area contributed by atoms with Crippen LogP contribution >= 0.6 is 0 Å². The van der Waals surface area contributed by atoms with Gasteiger partial charge in [0.15, 0.2) is 6.54 Å². The second kappa shape index (κ2) is 7.40. The highest BCUT2D eigenvalue weighted by Gasteiger charge is 2.44. The standard InChI is InChI=1S/C21H25N3O3/c1-21(2)20(26)22-17-10-5-6-11-18(17)24(21)19(25)14-23(3)13-15-8-7-9-16(12-15)27-4/h5-12H,13-14H2,1-4H3,(H,22,26)/p+1. The lowest BCUT2D eigenvalue weighted by molar-refractivity contribution is -0.885. The third-order valence-electron chi connectivity index (χ3n) is 4.85. The van der Waals surface area contributed by atoms with Gasteiger partial charge in [-0.25, -0.2) is 0 Å². The van der Waals surface area contributed by atoms with Gasteiger partial charge in [0, 0.05) is 5.56 Å². The highest BCUT2D eigenvalue weighted by molar-refractivity contribution is 6.14. The van der Waals surface area contributed by atoms with Crippen molar-refractivity contribution in [2.45, 2.75) is 25.9 Å². The molecular weight excluding hydrogens is 342 g/mol. The molecule has 0 aromatic heterocycles. The summed E-state index contributed by atoms with van der Waals surface area (Å²) < 4.78 is 5.26. The Labute approximate surface area is 159 Å². The molecule has 0 saturated carbocycles. The SMILES string of the molecule is COc1cccc(C[NH+](C)CC(=O)N2c3ccccc3NC(=O)C2(C)C)c1. The van der Waals surface area contributed by atoms with Crippen LogP contribution in [0.25, 0.3) is 0 Å². The number of para-hydroxylation sites is 2. The number of methoxy groups -OCH3 is 1. The van der Waals surface area contributed by atoms with E-state index in [4.69, 9.17) is 4.74 Å². The van der Waals surface area contributed by atoms with Crippen molar-refractivity contribution in [3.63, 3.8) is 0 Å². The van der Waals surface area contributed by atoms with Gasteiger partial charge in [-0.15, -0.1) is 0 Å². The Morgan fingerprint density at radius 3 is 2.67 bits per heavy atom. The summed E-state index contributed by atoms with van der Waals surface area (Å²) in [6.45, 7) is 4.51. The smallest absolute Gasteiger partial charge is 0.283 e. The van der Waals surface area contributed by atoms with Gasteiger partial charge in [0.1, 0.15) is 17.8 Å². The van der Waals surface area contributed by atoms with E-state index in [9.17, 15) is 9.59 Å². The molecule has 27 heavy (non-hydrogen) atoms. The molecule has 0 radical (unpaired) electrons. The summed E-state index contributed by atoms with van der Waals surface area (Å²) in [5, 5.41) is 2.89. The zero-order valence-electron chi connectivity index (χ0n) is 16.2. The van der Waals surface area contributed by atoms with Crippen molar-refractivity contribution in [3.8, 4) is 5.75 Å². The minimum atomic E-state index is -0.943. The average Bonchev–Trinajstić information content (AvgIpc) is 2.62. The minimum absolute atomic E-state index is 0.0808. The lowest BCUT2D eigenvalue weighted by Crippen LogP contribution is -3.09. The van der Waals surface area contributed by atoms with Crippen molar-refractivity contribution in [1.82, 2.24) is 0 Å². The Kier molecular flexibility index (Phi) is 5.19. The normalized spacial score (nSPS) is 16.3. The Morgan fingerprint density at radius 1 is 1.19 bits per heavy atom.